The van der Waals surface area contributed by atoms with Crippen LogP contribution in [0.1, 0.15) is 12.6 Å². The maximum Gasteiger partial charge on any atom is 0.343 e. The predicted molar refractivity (Wildman–Crippen MR) is 90.6 cm³/mol. The van der Waals surface area contributed by atoms with E-state index in [1.54, 1.807) is 15.9 Å². The lowest BCUT2D eigenvalue weighted by atomic mass is 10.2. The van der Waals surface area contributed by atoms with Gasteiger partial charge in [-0.2, -0.15) is 0 Å². The zero-order valence-corrected chi connectivity index (χ0v) is 14.1. The van der Waals surface area contributed by atoms with E-state index in [1.807, 2.05) is 36.6 Å². The third-order valence-electron chi connectivity index (χ3n) is 3.03. The Labute approximate surface area is 140 Å². The lowest BCUT2D eigenvalue weighted by Crippen LogP contribution is -2.16. The molecule has 0 saturated heterocycles. The topological polar surface area (TPSA) is 63.6 Å². The molecule has 0 aliphatic heterocycles. The molecule has 0 saturated carbocycles. The van der Waals surface area contributed by atoms with E-state index in [1.165, 1.54) is 11.8 Å². The van der Waals surface area contributed by atoms with E-state index in [4.69, 9.17) is 11.6 Å². The van der Waals surface area contributed by atoms with Crippen LogP contribution in [0, 0.1) is 0 Å². The van der Waals surface area contributed by atoms with Gasteiger partial charge in [-0.1, -0.05) is 35.5 Å². The largest absolute Gasteiger partial charge is 0.343 e. The predicted octanol–water partition coefficient (Wildman–Crippen LogP) is 3.66. The van der Waals surface area contributed by atoms with Gasteiger partial charge in [-0.25, -0.2) is 14.9 Å². The highest BCUT2D eigenvalue weighted by Crippen LogP contribution is 2.27. The average Bonchev–Trinajstić information content (AvgIpc) is 3.12. The molecule has 114 valence electrons. The monoisotopic (exact) mass is 352 g/mol. The van der Waals surface area contributed by atoms with E-state index in [0.29, 0.717) is 22.5 Å². The summed E-state index contributed by atoms with van der Waals surface area (Å²) >= 11 is 8.99. The zero-order chi connectivity index (χ0) is 15.5. The van der Waals surface area contributed by atoms with Crippen LogP contribution in [0.3, 0.4) is 0 Å². The Hall–Kier alpha value is -1.57. The van der Waals surface area contributed by atoms with E-state index in [-0.39, 0.29) is 5.69 Å². The molecule has 0 spiro atoms. The van der Waals surface area contributed by atoms with Crippen LogP contribution >= 0.6 is 34.7 Å². The Balaban J connectivity index is 1.72. The maximum atomic E-state index is 11.5. The number of rotatable bonds is 5. The summed E-state index contributed by atoms with van der Waals surface area (Å²) in [5, 5.41) is 10.9. The highest BCUT2D eigenvalue weighted by molar-refractivity contribution is 7.98. The van der Waals surface area contributed by atoms with Gasteiger partial charge in [-0.3, -0.25) is 4.57 Å². The molecule has 2 aromatic heterocycles. The van der Waals surface area contributed by atoms with Crippen LogP contribution in [-0.2, 0) is 12.3 Å². The summed E-state index contributed by atoms with van der Waals surface area (Å²) in [6.45, 7) is 2.52. The van der Waals surface area contributed by atoms with Crippen molar-refractivity contribution in [1.82, 2.24) is 19.7 Å². The van der Waals surface area contributed by atoms with Crippen molar-refractivity contribution in [2.24, 2.45) is 0 Å². The van der Waals surface area contributed by atoms with Gasteiger partial charge in [-0.05, 0) is 19.1 Å². The summed E-state index contributed by atoms with van der Waals surface area (Å²) in [6, 6.07) is 7.63. The lowest BCUT2D eigenvalue weighted by Gasteiger charge is -2.00. The SMILES string of the molecule is CCn1c(SCc2csc(-c3ccc(Cl)cc3)n2)n[nH]c1=O. The van der Waals surface area contributed by atoms with Crippen molar-refractivity contribution in [3.8, 4) is 10.6 Å². The Morgan fingerprint density at radius 2 is 2.14 bits per heavy atom. The molecule has 0 aliphatic rings. The Kier molecular flexibility index (Phi) is 4.66. The van der Waals surface area contributed by atoms with Crippen LogP contribution in [0.15, 0.2) is 39.6 Å². The molecule has 0 atom stereocenters. The van der Waals surface area contributed by atoms with Crippen LogP contribution in [0.25, 0.3) is 10.6 Å². The molecule has 0 unspecified atom stereocenters. The summed E-state index contributed by atoms with van der Waals surface area (Å²) in [6.07, 6.45) is 0. The number of nitrogens with one attached hydrogen (secondary N) is 1. The molecule has 5 nitrogen and oxygen atoms in total. The summed E-state index contributed by atoms with van der Waals surface area (Å²) in [5.74, 6) is 0.675. The fourth-order valence-corrected chi connectivity index (χ4v) is 3.89. The van der Waals surface area contributed by atoms with Crippen molar-refractivity contribution < 1.29 is 0 Å². The lowest BCUT2D eigenvalue weighted by molar-refractivity contribution is 0.660. The number of nitrogens with zero attached hydrogens (tertiary/aromatic N) is 3. The van der Waals surface area contributed by atoms with Gasteiger partial charge in [-0.15, -0.1) is 16.4 Å². The number of hydrogen-bond acceptors (Lipinski definition) is 5. The van der Waals surface area contributed by atoms with E-state index in [0.717, 1.165) is 16.3 Å². The minimum Gasteiger partial charge on any atom is -0.270 e. The van der Waals surface area contributed by atoms with Gasteiger partial charge in [0.1, 0.15) is 5.01 Å². The van der Waals surface area contributed by atoms with Crippen LogP contribution < -0.4 is 5.69 Å². The first-order valence-electron chi connectivity index (χ1n) is 6.65. The number of H-pyrrole nitrogens is 1. The number of aromatic nitrogens is 4. The van der Waals surface area contributed by atoms with Crippen LogP contribution in [0.2, 0.25) is 5.02 Å². The Bertz CT molecular complexity index is 822. The fourth-order valence-electron chi connectivity index (χ4n) is 1.93. The van der Waals surface area contributed by atoms with Crippen molar-refractivity contribution in [2.45, 2.75) is 24.4 Å². The molecule has 3 rings (SSSR count). The third-order valence-corrected chi connectivity index (χ3v) is 5.23. The number of aromatic amines is 1. The second kappa shape index (κ2) is 6.68. The minimum atomic E-state index is -0.176. The van der Waals surface area contributed by atoms with Gasteiger partial charge in [0.2, 0.25) is 0 Å². The molecular formula is C14H13ClN4OS2. The number of halogens is 1. The highest BCUT2D eigenvalue weighted by atomic mass is 35.5. The molecule has 0 aliphatic carbocycles. The van der Waals surface area contributed by atoms with Gasteiger partial charge < -0.3 is 0 Å². The second-order valence-electron chi connectivity index (χ2n) is 4.50. The van der Waals surface area contributed by atoms with Crippen LogP contribution in [-0.4, -0.2) is 19.7 Å². The van der Waals surface area contributed by atoms with E-state index < -0.39 is 0 Å². The standard InChI is InChI=1S/C14H13ClN4OS2/c1-2-19-13(20)17-18-14(19)22-8-11-7-21-12(16-11)9-3-5-10(15)6-4-9/h3-7H,2,8H2,1H3,(H,17,20). The first kappa shape index (κ1) is 15.3. The van der Waals surface area contributed by atoms with Crippen molar-refractivity contribution >= 4 is 34.7 Å². The van der Waals surface area contributed by atoms with E-state index >= 15 is 0 Å². The van der Waals surface area contributed by atoms with Gasteiger partial charge in [0.05, 0.1) is 5.69 Å². The molecule has 0 fully saturated rings. The number of thiazole rings is 1. The summed E-state index contributed by atoms with van der Waals surface area (Å²) in [4.78, 5) is 16.1. The molecule has 8 heteroatoms. The van der Waals surface area contributed by atoms with Gasteiger partial charge in [0.25, 0.3) is 0 Å². The minimum absolute atomic E-state index is 0.176. The molecule has 22 heavy (non-hydrogen) atoms. The Morgan fingerprint density at radius 3 is 2.86 bits per heavy atom. The average molecular weight is 353 g/mol. The molecule has 1 N–H and O–H groups in total. The van der Waals surface area contributed by atoms with Crippen LogP contribution in [0.5, 0.6) is 0 Å². The van der Waals surface area contributed by atoms with Gasteiger partial charge in [0, 0.05) is 28.3 Å². The molecule has 3 aromatic rings. The number of benzene rings is 1. The first-order valence-corrected chi connectivity index (χ1v) is 8.90. The molecule has 2 heterocycles. The van der Waals surface area contributed by atoms with Crippen molar-refractivity contribution in [1.29, 1.82) is 0 Å². The van der Waals surface area contributed by atoms with Gasteiger partial charge in [0.15, 0.2) is 5.16 Å². The van der Waals surface area contributed by atoms with Crippen molar-refractivity contribution in [3.05, 3.63) is 50.8 Å². The molecule has 0 radical (unpaired) electrons. The quantitative estimate of drug-likeness (QED) is 0.712. The first-order chi connectivity index (χ1) is 10.7. The fraction of sp³-hybridized carbons (Fsp3) is 0.214. The summed E-state index contributed by atoms with van der Waals surface area (Å²) < 4.78 is 1.61. The number of hydrogen-bond donors (Lipinski definition) is 1. The highest BCUT2D eigenvalue weighted by Gasteiger charge is 2.10. The van der Waals surface area contributed by atoms with Crippen molar-refractivity contribution in [3.63, 3.8) is 0 Å². The maximum absolute atomic E-state index is 11.5. The van der Waals surface area contributed by atoms with Gasteiger partial charge >= 0.3 is 5.69 Å². The normalized spacial score (nSPS) is 11.0. The van der Waals surface area contributed by atoms with Crippen LogP contribution in [0.4, 0.5) is 0 Å². The molecular weight excluding hydrogens is 340 g/mol. The summed E-state index contributed by atoms with van der Waals surface area (Å²) in [7, 11) is 0. The molecule has 1 aromatic carbocycles. The van der Waals surface area contributed by atoms with Crippen molar-refractivity contribution in [2.75, 3.05) is 0 Å². The number of thioether (sulfide) groups is 1. The zero-order valence-electron chi connectivity index (χ0n) is 11.7. The summed E-state index contributed by atoms with van der Waals surface area (Å²) in [5.41, 5.74) is 1.85. The van der Waals surface area contributed by atoms with E-state index in [9.17, 15) is 4.79 Å². The Morgan fingerprint density at radius 1 is 1.36 bits per heavy atom. The smallest absolute Gasteiger partial charge is 0.270 e. The third kappa shape index (κ3) is 3.26. The van der Waals surface area contributed by atoms with E-state index in [2.05, 4.69) is 15.2 Å². The molecule has 0 amide bonds. The second-order valence-corrected chi connectivity index (χ2v) is 6.73. The molecule has 0 bridgehead atoms.